The molecule has 0 saturated carbocycles. The lowest BCUT2D eigenvalue weighted by Gasteiger charge is -2.16. The number of phenolic OH excluding ortho intramolecular Hbond substituents is 1. The highest BCUT2D eigenvalue weighted by molar-refractivity contribution is 5.82. The molecule has 0 bridgehead atoms. The molecule has 0 unspecified atom stereocenters. The molecule has 5 N–H and O–H groups in total. The van der Waals surface area contributed by atoms with Crippen LogP contribution in [0.25, 0.3) is 11.2 Å². The third-order valence-electron chi connectivity index (χ3n) is 4.89. The zero-order valence-electron chi connectivity index (χ0n) is 15.5. The Morgan fingerprint density at radius 1 is 1.21 bits per heavy atom. The second kappa shape index (κ2) is 7.79. The largest absolute Gasteiger partial charge is 0.507 e. The van der Waals surface area contributed by atoms with E-state index in [-0.39, 0.29) is 12.3 Å². The molecular formula is C18H21N5O6. The van der Waals surface area contributed by atoms with E-state index in [2.05, 4.69) is 20.3 Å². The molecule has 29 heavy (non-hydrogen) atoms. The van der Waals surface area contributed by atoms with Crippen LogP contribution in [-0.4, -0.2) is 72.0 Å². The quantitative estimate of drug-likeness (QED) is 0.372. The molecule has 3 heterocycles. The molecule has 1 fully saturated rings. The average molecular weight is 403 g/mol. The average Bonchev–Trinajstić information content (AvgIpc) is 3.28. The molecule has 1 aromatic carbocycles. The van der Waals surface area contributed by atoms with Crippen LogP contribution in [0.2, 0.25) is 0 Å². The topological polar surface area (TPSA) is 155 Å². The molecule has 11 nitrogen and oxygen atoms in total. The lowest BCUT2D eigenvalue weighted by Crippen LogP contribution is -2.33. The Kier molecular flexibility index (Phi) is 5.20. The minimum absolute atomic E-state index is 0.0826. The minimum Gasteiger partial charge on any atom is -0.507 e. The van der Waals surface area contributed by atoms with Crippen molar-refractivity contribution in [1.29, 1.82) is 0 Å². The second-order valence-electron chi connectivity index (χ2n) is 6.62. The van der Waals surface area contributed by atoms with Crippen LogP contribution >= 0.6 is 0 Å². The van der Waals surface area contributed by atoms with Gasteiger partial charge < -0.3 is 35.2 Å². The van der Waals surface area contributed by atoms with E-state index in [0.29, 0.717) is 28.3 Å². The third kappa shape index (κ3) is 3.44. The summed E-state index contributed by atoms with van der Waals surface area (Å²) in [4.78, 5) is 12.7. The van der Waals surface area contributed by atoms with Gasteiger partial charge in [0, 0.05) is 18.2 Å². The van der Waals surface area contributed by atoms with E-state index < -0.39 is 31.1 Å². The Labute approximate surface area is 165 Å². The van der Waals surface area contributed by atoms with Gasteiger partial charge in [-0.2, -0.15) is 0 Å². The highest BCUT2D eigenvalue weighted by Crippen LogP contribution is 2.32. The fourth-order valence-corrected chi connectivity index (χ4v) is 3.28. The predicted octanol–water partition coefficient (Wildman–Crippen LogP) is -0.236. The zero-order chi connectivity index (χ0) is 20.5. The third-order valence-corrected chi connectivity index (χ3v) is 4.89. The number of nitrogens with one attached hydrogen (secondary N) is 1. The summed E-state index contributed by atoms with van der Waals surface area (Å²) in [5, 5.41) is 42.7. The molecular weight excluding hydrogens is 382 g/mol. The van der Waals surface area contributed by atoms with Crippen LogP contribution in [0.1, 0.15) is 11.8 Å². The van der Waals surface area contributed by atoms with Crippen molar-refractivity contribution < 1.29 is 29.9 Å². The van der Waals surface area contributed by atoms with Gasteiger partial charge >= 0.3 is 0 Å². The molecule has 1 aliphatic heterocycles. The molecule has 1 aliphatic rings. The van der Waals surface area contributed by atoms with Gasteiger partial charge in [0.05, 0.1) is 20.0 Å². The van der Waals surface area contributed by atoms with Crippen molar-refractivity contribution in [2.45, 2.75) is 31.1 Å². The molecule has 0 amide bonds. The van der Waals surface area contributed by atoms with Gasteiger partial charge in [0.1, 0.15) is 36.1 Å². The monoisotopic (exact) mass is 403 g/mol. The van der Waals surface area contributed by atoms with Gasteiger partial charge in [-0.05, 0) is 12.1 Å². The number of anilines is 1. The van der Waals surface area contributed by atoms with Crippen LogP contribution in [0.15, 0.2) is 30.9 Å². The van der Waals surface area contributed by atoms with Gasteiger partial charge in [0.15, 0.2) is 23.2 Å². The molecule has 2 aromatic heterocycles. The number of aliphatic hydroxyl groups is 3. The highest BCUT2D eigenvalue weighted by atomic mass is 16.6. The summed E-state index contributed by atoms with van der Waals surface area (Å²) >= 11 is 0. The number of benzene rings is 1. The second-order valence-corrected chi connectivity index (χ2v) is 6.62. The first-order valence-corrected chi connectivity index (χ1v) is 8.93. The Morgan fingerprint density at radius 3 is 2.72 bits per heavy atom. The Hall–Kier alpha value is -2.99. The number of phenols is 1. The van der Waals surface area contributed by atoms with E-state index in [1.54, 1.807) is 12.1 Å². The van der Waals surface area contributed by atoms with Gasteiger partial charge in [0.25, 0.3) is 0 Å². The Bertz CT molecular complexity index is 1010. The Balaban J connectivity index is 1.58. The van der Waals surface area contributed by atoms with Gasteiger partial charge in [-0.15, -0.1) is 0 Å². The van der Waals surface area contributed by atoms with Crippen LogP contribution in [0, 0.1) is 0 Å². The molecule has 0 aliphatic carbocycles. The van der Waals surface area contributed by atoms with E-state index in [0.717, 1.165) is 0 Å². The fourth-order valence-electron chi connectivity index (χ4n) is 3.28. The molecule has 4 rings (SSSR count). The predicted molar refractivity (Wildman–Crippen MR) is 100 cm³/mol. The summed E-state index contributed by atoms with van der Waals surface area (Å²) in [7, 11) is 1.52. The maximum absolute atomic E-state index is 10.3. The number of methoxy groups -OCH3 is 1. The Morgan fingerprint density at radius 2 is 2.03 bits per heavy atom. The van der Waals surface area contributed by atoms with Crippen molar-refractivity contribution in [3.63, 3.8) is 0 Å². The molecule has 0 radical (unpaired) electrons. The first-order valence-electron chi connectivity index (χ1n) is 8.93. The fraction of sp³-hybridized carbons (Fsp3) is 0.389. The van der Waals surface area contributed by atoms with E-state index in [4.69, 9.17) is 9.47 Å². The lowest BCUT2D eigenvalue weighted by atomic mass is 10.1. The number of hydrogen-bond acceptors (Lipinski definition) is 10. The summed E-state index contributed by atoms with van der Waals surface area (Å²) in [6.07, 6.45) is -1.55. The van der Waals surface area contributed by atoms with Crippen molar-refractivity contribution in [3.05, 3.63) is 36.4 Å². The van der Waals surface area contributed by atoms with Crippen LogP contribution in [0.4, 0.5) is 5.82 Å². The number of nitrogens with zero attached hydrogens (tertiary/aromatic N) is 4. The number of aliphatic hydroxyl groups excluding tert-OH is 3. The summed E-state index contributed by atoms with van der Waals surface area (Å²) < 4.78 is 12.1. The highest BCUT2D eigenvalue weighted by Gasteiger charge is 2.44. The van der Waals surface area contributed by atoms with Gasteiger partial charge in [-0.3, -0.25) is 4.57 Å². The molecule has 3 aromatic rings. The zero-order valence-corrected chi connectivity index (χ0v) is 15.5. The van der Waals surface area contributed by atoms with Gasteiger partial charge in [-0.25, -0.2) is 15.0 Å². The van der Waals surface area contributed by atoms with Crippen molar-refractivity contribution >= 4 is 17.0 Å². The molecule has 0 spiro atoms. The van der Waals surface area contributed by atoms with E-state index >= 15 is 0 Å². The number of aromatic hydroxyl groups is 1. The van der Waals surface area contributed by atoms with Crippen LogP contribution in [-0.2, 0) is 11.3 Å². The molecule has 11 heteroatoms. The lowest BCUT2D eigenvalue weighted by molar-refractivity contribution is -0.0511. The number of aromatic nitrogens is 4. The number of hydrogen-bond donors (Lipinski definition) is 5. The number of ether oxygens (including phenoxy) is 2. The maximum Gasteiger partial charge on any atom is 0.167 e. The molecule has 154 valence electrons. The van der Waals surface area contributed by atoms with E-state index in [1.807, 2.05) is 0 Å². The van der Waals surface area contributed by atoms with Gasteiger partial charge in [0.2, 0.25) is 0 Å². The molecule has 1 saturated heterocycles. The summed E-state index contributed by atoms with van der Waals surface area (Å²) in [6.45, 7) is -0.142. The summed E-state index contributed by atoms with van der Waals surface area (Å²) in [6, 6.07) is 4.99. The first kappa shape index (κ1) is 19.3. The first-order chi connectivity index (χ1) is 14.0. The SMILES string of the molecule is COc1ccc(CNc2ncnc3c2ncn3[C@@H]2O[C@H](CO)[C@@H](O)[C@@H]2O)c(O)c1. The van der Waals surface area contributed by atoms with Crippen molar-refractivity contribution in [1.82, 2.24) is 19.5 Å². The van der Waals surface area contributed by atoms with Crippen molar-refractivity contribution in [2.24, 2.45) is 0 Å². The summed E-state index contributed by atoms with van der Waals surface area (Å²) in [5.74, 6) is 1.06. The van der Waals surface area contributed by atoms with Crippen LogP contribution in [0.5, 0.6) is 11.5 Å². The number of fused-ring (bicyclic) bond motifs is 1. The van der Waals surface area contributed by atoms with E-state index in [1.165, 1.54) is 30.4 Å². The standard InChI is InChI=1S/C18H21N5O6/c1-28-10-3-2-9(11(25)4-10)5-19-16-13-17(21-7-20-16)23(8-22-13)18-15(27)14(26)12(6-24)29-18/h2-4,7-8,12,14-15,18,24-27H,5-6H2,1H3,(H,19,20,21)/t12-,14-,15+,18-/m1/s1. The number of imidazole rings is 1. The van der Waals surface area contributed by atoms with Gasteiger partial charge in [-0.1, -0.05) is 0 Å². The number of rotatable bonds is 6. The van der Waals surface area contributed by atoms with E-state index in [9.17, 15) is 20.4 Å². The smallest absolute Gasteiger partial charge is 0.167 e. The van der Waals surface area contributed by atoms with Crippen molar-refractivity contribution in [2.75, 3.05) is 19.0 Å². The van der Waals surface area contributed by atoms with Crippen LogP contribution < -0.4 is 10.1 Å². The molecule has 4 atom stereocenters. The van der Waals surface area contributed by atoms with Crippen molar-refractivity contribution in [3.8, 4) is 11.5 Å². The maximum atomic E-state index is 10.3. The van der Waals surface area contributed by atoms with Crippen LogP contribution in [0.3, 0.4) is 0 Å². The summed E-state index contributed by atoms with van der Waals surface area (Å²) in [5.41, 5.74) is 1.45. The minimum atomic E-state index is -1.24. The normalized spacial score (nSPS) is 24.1.